The van der Waals surface area contributed by atoms with E-state index in [1.165, 1.54) is 6.92 Å². The molecule has 2 unspecified atom stereocenters. The summed E-state index contributed by atoms with van der Waals surface area (Å²) in [6.45, 7) is 6.98. The monoisotopic (exact) mass is 251 g/mol. The standard InChI is InChI=1S/C10H18ClNO4/c1-6(2)9(13)12-5-7(3)15-10(14)16-8(4)11/h6-8H,5H2,1-4H3,(H,12,13). The summed E-state index contributed by atoms with van der Waals surface area (Å²) < 4.78 is 9.40. The molecule has 0 heterocycles. The molecule has 0 saturated carbocycles. The lowest BCUT2D eigenvalue weighted by molar-refractivity contribution is -0.124. The number of hydrogen-bond donors (Lipinski definition) is 1. The Morgan fingerprint density at radius 3 is 2.19 bits per heavy atom. The Morgan fingerprint density at radius 2 is 1.75 bits per heavy atom. The Morgan fingerprint density at radius 1 is 1.19 bits per heavy atom. The van der Waals surface area contributed by atoms with Crippen LogP contribution in [0.25, 0.3) is 0 Å². The summed E-state index contributed by atoms with van der Waals surface area (Å²) in [5.74, 6) is -0.184. The van der Waals surface area contributed by atoms with Gasteiger partial charge >= 0.3 is 6.16 Å². The van der Waals surface area contributed by atoms with Gasteiger partial charge in [-0.15, -0.1) is 0 Å². The number of carbonyl (C=O) groups excluding carboxylic acids is 2. The van der Waals surface area contributed by atoms with Gasteiger partial charge in [0.1, 0.15) is 6.10 Å². The minimum Gasteiger partial charge on any atom is -0.429 e. The van der Waals surface area contributed by atoms with E-state index in [0.29, 0.717) is 0 Å². The van der Waals surface area contributed by atoms with E-state index in [2.05, 4.69) is 10.1 Å². The van der Waals surface area contributed by atoms with Crippen molar-refractivity contribution >= 4 is 23.7 Å². The van der Waals surface area contributed by atoms with E-state index < -0.39 is 17.8 Å². The number of carbonyl (C=O) groups is 2. The molecule has 0 aromatic carbocycles. The van der Waals surface area contributed by atoms with Crippen LogP contribution >= 0.6 is 11.6 Å². The largest absolute Gasteiger partial charge is 0.510 e. The van der Waals surface area contributed by atoms with Gasteiger partial charge in [-0.2, -0.15) is 0 Å². The van der Waals surface area contributed by atoms with Gasteiger partial charge in [0.2, 0.25) is 5.91 Å². The Bertz CT molecular complexity index is 243. The average molecular weight is 252 g/mol. The van der Waals surface area contributed by atoms with Crippen LogP contribution in [0.5, 0.6) is 0 Å². The molecule has 6 heteroatoms. The molecule has 2 atom stereocenters. The number of amides is 1. The van der Waals surface area contributed by atoms with E-state index in [0.717, 1.165) is 0 Å². The Hall–Kier alpha value is -0.970. The lowest BCUT2D eigenvalue weighted by atomic mass is 10.2. The van der Waals surface area contributed by atoms with Crippen LogP contribution in [0.2, 0.25) is 0 Å². The maximum absolute atomic E-state index is 11.2. The number of hydrogen-bond acceptors (Lipinski definition) is 4. The fourth-order valence-electron chi connectivity index (χ4n) is 0.815. The summed E-state index contributed by atoms with van der Waals surface area (Å²) in [5.41, 5.74) is -0.732. The topological polar surface area (TPSA) is 64.6 Å². The van der Waals surface area contributed by atoms with Crippen molar-refractivity contribution in [3.63, 3.8) is 0 Å². The first-order chi connectivity index (χ1) is 7.32. The summed E-state index contributed by atoms with van der Waals surface area (Å²) in [4.78, 5) is 22.2. The average Bonchev–Trinajstić information content (AvgIpc) is 2.12. The SMILES string of the molecule is CC(Cl)OC(=O)OC(C)CNC(=O)C(C)C. The fraction of sp³-hybridized carbons (Fsp3) is 0.800. The third-order valence-corrected chi connectivity index (χ3v) is 1.73. The van der Waals surface area contributed by atoms with Crippen molar-refractivity contribution in [2.45, 2.75) is 39.4 Å². The highest BCUT2D eigenvalue weighted by Gasteiger charge is 2.14. The Balaban J connectivity index is 3.78. The zero-order chi connectivity index (χ0) is 12.7. The van der Waals surface area contributed by atoms with Crippen LogP contribution in [0, 0.1) is 5.92 Å². The van der Waals surface area contributed by atoms with Crippen molar-refractivity contribution in [3.05, 3.63) is 0 Å². The van der Waals surface area contributed by atoms with Crippen molar-refractivity contribution in [2.75, 3.05) is 6.54 Å². The van der Waals surface area contributed by atoms with Gasteiger partial charge in [0.25, 0.3) is 0 Å². The van der Waals surface area contributed by atoms with E-state index in [4.69, 9.17) is 16.3 Å². The molecule has 94 valence electrons. The number of halogens is 1. The van der Waals surface area contributed by atoms with Crippen molar-refractivity contribution in [1.29, 1.82) is 0 Å². The first-order valence-corrected chi connectivity index (χ1v) is 5.55. The maximum Gasteiger partial charge on any atom is 0.510 e. The number of nitrogens with one attached hydrogen (secondary N) is 1. The van der Waals surface area contributed by atoms with Gasteiger partial charge in [0.15, 0.2) is 5.56 Å². The van der Waals surface area contributed by atoms with Crippen LogP contribution in [0.3, 0.4) is 0 Å². The molecule has 0 aliphatic carbocycles. The molecule has 0 bridgehead atoms. The van der Waals surface area contributed by atoms with E-state index in [-0.39, 0.29) is 18.4 Å². The molecule has 1 N–H and O–H groups in total. The number of rotatable bonds is 5. The minimum atomic E-state index is -0.839. The van der Waals surface area contributed by atoms with Crippen molar-refractivity contribution in [3.8, 4) is 0 Å². The van der Waals surface area contributed by atoms with Crippen LogP contribution in [-0.4, -0.2) is 30.3 Å². The van der Waals surface area contributed by atoms with Crippen LogP contribution in [0.15, 0.2) is 0 Å². The Kier molecular flexibility index (Phi) is 6.88. The third kappa shape index (κ3) is 7.34. The summed E-state index contributed by atoms with van der Waals surface area (Å²) in [6, 6.07) is 0. The third-order valence-electron chi connectivity index (χ3n) is 1.64. The summed E-state index contributed by atoms with van der Waals surface area (Å²) in [6.07, 6.45) is -1.29. The zero-order valence-corrected chi connectivity index (χ0v) is 10.7. The molecule has 0 aromatic heterocycles. The lowest BCUT2D eigenvalue weighted by Crippen LogP contribution is -2.35. The molecule has 0 fully saturated rings. The normalized spacial score (nSPS) is 14.1. The van der Waals surface area contributed by atoms with Gasteiger partial charge in [-0.25, -0.2) is 4.79 Å². The van der Waals surface area contributed by atoms with E-state index in [1.54, 1.807) is 20.8 Å². The van der Waals surface area contributed by atoms with Gasteiger partial charge in [-0.05, 0) is 13.8 Å². The summed E-state index contributed by atoms with van der Waals surface area (Å²) in [7, 11) is 0. The van der Waals surface area contributed by atoms with Crippen molar-refractivity contribution in [2.24, 2.45) is 5.92 Å². The molecule has 1 amide bonds. The second-order valence-electron chi connectivity index (χ2n) is 3.74. The molecule has 16 heavy (non-hydrogen) atoms. The smallest absolute Gasteiger partial charge is 0.429 e. The number of ether oxygens (including phenoxy) is 2. The first-order valence-electron chi connectivity index (χ1n) is 5.12. The van der Waals surface area contributed by atoms with Crippen molar-refractivity contribution in [1.82, 2.24) is 5.32 Å². The molecule has 0 aromatic rings. The number of alkyl halides is 1. The van der Waals surface area contributed by atoms with Gasteiger partial charge in [-0.3, -0.25) is 4.79 Å². The zero-order valence-electron chi connectivity index (χ0n) is 9.95. The van der Waals surface area contributed by atoms with Gasteiger partial charge in [0, 0.05) is 5.92 Å². The summed E-state index contributed by atoms with van der Waals surface area (Å²) >= 11 is 5.43. The molecular weight excluding hydrogens is 234 g/mol. The predicted molar refractivity (Wildman–Crippen MR) is 60.2 cm³/mol. The van der Waals surface area contributed by atoms with E-state index >= 15 is 0 Å². The molecule has 0 rings (SSSR count). The van der Waals surface area contributed by atoms with Gasteiger partial charge < -0.3 is 14.8 Å². The minimum absolute atomic E-state index is 0.0884. The van der Waals surface area contributed by atoms with Gasteiger partial charge in [-0.1, -0.05) is 25.4 Å². The fourth-order valence-corrected chi connectivity index (χ4v) is 0.887. The first kappa shape index (κ1) is 15.0. The molecule has 0 saturated heterocycles. The highest BCUT2D eigenvalue weighted by atomic mass is 35.5. The summed E-state index contributed by atoms with van der Waals surface area (Å²) in [5, 5.41) is 2.64. The Labute approximate surface area is 100 Å². The van der Waals surface area contributed by atoms with Gasteiger partial charge in [0.05, 0.1) is 6.54 Å². The van der Waals surface area contributed by atoms with Crippen molar-refractivity contribution < 1.29 is 19.1 Å². The molecule has 0 spiro atoms. The molecular formula is C10H18ClNO4. The van der Waals surface area contributed by atoms with Crippen LogP contribution < -0.4 is 5.32 Å². The molecule has 0 aliphatic heterocycles. The molecule has 0 aliphatic rings. The maximum atomic E-state index is 11.2. The van der Waals surface area contributed by atoms with E-state index in [9.17, 15) is 9.59 Å². The quantitative estimate of drug-likeness (QED) is 0.599. The van der Waals surface area contributed by atoms with Crippen LogP contribution in [0.1, 0.15) is 27.7 Å². The second-order valence-corrected chi connectivity index (χ2v) is 4.35. The predicted octanol–water partition coefficient (Wildman–Crippen LogP) is 1.89. The second kappa shape index (κ2) is 7.33. The lowest BCUT2D eigenvalue weighted by Gasteiger charge is -2.15. The molecule has 5 nitrogen and oxygen atoms in total. The van der Waals surface area contributed by atoms with Crippen LogP contribution in [0.4, 0.5) is 4.79 Å². The highest BCUT2D eigenvalue weighted by Crippen LogP contribution is 2.01. The highest BCUT2D eigenvalue weighted by molar-refractivity contribution is 6.19. The van der Waals surface area contributed by atoms with Crippen LogP contribution in [-0.2, 0) is 14.3 Å². The molecule has 0 radical (unpaired) electrons. The van der Waals surface area contributed by atoms with E-state index in [1.807, 2.05) is 0 Å².